The van der Waals surface area contributed by atoms with E-state index < -0.39 is 0 Å². The minimum Gasteiger partial charge on any atom is -0.493 e. The Kier molecular flexibility index (Phi) is 7.67. The maximum absolute atomic E-state index is 13.3. The smallest absolute Gasteiger partial charge is 0.262 e. The standard InChI is InChI=1S/C25H28N4O3S/c1-31-22-12-11-19(17-23(22)32-2)18-29-24(30)20-9-4-5-10-21(20)27-25(29)33-16-7-3-6-14-28-15-8-13-26-28/h4-5,8-13,15,17H,3,6-7,14,16,18H2,1-2H3. The number of unbranched alkanes of at least 4 members (excludes halogenated alkanes) is 2. The first-order chi connectivity index (χ1) is 16.2. The van der Waals surface area contributed by atoms with Gasteiger partial charge in [-0.25, -0.2) is 4.98 Å². The minimum atomic E-state index is -0.0310. The fraction of sp³-hybridized carbons (Fsp3) is 0.320. The van der Waals surface area contributed by atoms with Gasteiger partial charge in [-0.2, -0.15) is 5.10 Å². The molecular formula is C25H28N4O3S. The van der Waals surface area contributed by atoms with Crippen LogP contribution in [0, 0.1) is 0 Å². The number of hydrogen-bond donors (Lipinski definition) is 0. The van der Waals surface area contributed by atoms with Gasteiger partial charge in [-0.3, -0.25) is 14.0 Å². The first-order valence-electron chi connectivity index (χ1n) is 11.0. The Bertz CT molecular complexity index is 1250. The number of para-hydroxylation sites is 1. The van der Waals surface area contributed by atoms with Gasteiger partial charge in [0.15, 0.2) is 16.7 Å². The number of thioether (sulfide) groups is 1. The van der Waals surface area contributed by atoms with Crippen molar-refractivity contribution in [1.29, 1.82) is 0 Å². The van der Waals surface area contributed by atoms with Gasteiger partial charge in [-0.05, 0) is 48.7 Å². The number of nitrogens with zero attached hydrogens (tertiary/aromatic N) is 4. The molecule has 0 spiro atoms. The van der Waals surface area contributed by atoms with E-state index in [1.165, 1.54) is 0 Å². The van der Waals surface area contributed by atoms with Gasteiger partial charge in [0.1, 0.15) is 0 Å². The monoisotopic (exact) mass is 464 g/mol. The van der Waals surface area contributed by atoms with Gasteiger partial charge in [-0.15, -0.1) is 0 Å². The Morgan fingerprint density at radius 1 is 0.970 bits per heavy atom. The fourth-order valence-electron chi connectivity index (χ4n) is 3.71. The van der Waals surface area contributed by atoms with E-state index >= 15 is 0 Å². The molecule has 2 aromatic heterocycles. The van der Waals surface area contributed by atoms with Gasteiger partial charge in [0.25, 0.3) is 5.56 Å². The van der Waals surface area contributed by atoms with Crippen molar-refractivity contribution in [2.45, 2.75) is 37.5 Å². The zero-order chi connectivity index (χ0) is 23.0. The van der Waals surface area contributed by atoms with Crippen molar-refractivity contribution < 1.29 is 9.47 Å². The van der Waals surface area contributed by atoms with Crippen molar-refractivity contribution in [3.8, 4) is 11.5 Å². The molecule has 0 aliphatic heterocycles. The number of fused-ring (bicyclic) bond motifs is 1. The van der Waals surface area contributed by atoms with E-state index in [0.717, 1.165) is 47.8 Å². The molecule has 172 valence electrons. The molecule has 0 radical (unpaired) electrons. The average Bonchev–Trinajstić information content (AvgIpc) is 3.37. The van der Waals surface area contributed by atoms with Gasteiger partial charge in [0.05, 0.1) is 31.7 Å². The van der Waals surface area contributed by atoms with E-state index in [0.29, 0.717) is 23.4 Å². The largest absolute Gasteiger partial charge is 0.493 e. The Labute approximate surface area is 197 Å². The number of aryl methyl sites for hydroxylation is 1. The van der Waals surface area contributed by atoms with Gasteiger partial charge in [0, 0.05) is 24.7 Å². The van der Waals surface area contributed by atoms with Gasteiger partial charge < -0.3 is 9.47 Å². The zero-order valence-corrected chi connectivity index (χ0v) is 19.8. The van der Waals surface area contributed by atoms with Crippen LogP contribution < -0.4 is 15.0 Å². The SMILES string of the molecule is COc1ccc(Cn2c(SCCCCCn3cccn3)nc3ccccc3c2=O)cc1OC. The predicted octanol–water partition coefficient (Wildman–Crippen LogP) is 4.62. The van der Waals surface area contributed by atoms with E-state index in [1.54, 1.807) is 36.7 Å². The van der Waals surface area contributed by atoms with Crippen LogP contribution in [0.3, 0.4) is 0 Å². The molecule has 0 fully saturated rings. The number of rotatable bonds is 11. The molecule has 2 heterocycles. The number of ether oxygens (including phenoxy) is 2. The lowest BCUT2D eigenvalue weighted by Gasteiger charge is -2.15. The highest BCUT2D eigenvalue weighted by Crippen LogP contribution is 2.28. The first kappa shape index (κ1) is 22.9. The summed E-state index contributed by atoms with van der Waals surface area (Å²) >= 11 is 1.63. The summed E-state index contributed by atoms with van der Waals surface area (Å²) in [6.45, 7) is 1.34. The third-order valence-electron chi connectivity index (χ3n) is 5.44. The molecule has 33 heavy (non-hydrogen) atoms. The lowest BCUT2D eigenvalue weighted by molar-refractivity contribution is 0.354. The lowest BCUT2D eigenvalue weighted by Crippen LogP contribution is -2.24. The van der Waals surface area contributed by atoms with Crippen LogP contribution in [-0.4, -0.2) is 39.3 Å². The fourth-order valence-corrected chi connectivity index (χ4v) is 4.70. The molecule has 7 nitrogen and oxygen atoms in total. The first-order valence-corrected chi connectivity index (χ1v) is 12.0. The summed E-state index contributed by atoms with van der Waals surface area (Å²) < 4.78 is 14.5. The van der Waals surface area contributed by atoms with Gasteiger partial charge >= 0.3 is 0 Å². The topological polar surface area (TPSA) is 71.2 Å². The van der Waals surface area contributed by atoms with Crippen molar-refractivity contribution in [1.82, 2.24) is 19.3 Å². The van der Waals surface area contributed by atoms with Crippen molar-refractivity contribution in [2.75, 3.05) is 20.0 Å². The van der Waals surface area contributed by atoms with Crippen LogP contribution >= 0.6 is 11.8 Å². The third kappa shape index (κ3) is 5.57. The second-order valence-corrected chi connectivity index (χ2v) is 8.73. The molecule has 0 amide bonds. The van der Waals surface area contributed by atoms with Crippen molar-refractivity contribution in [2.24, 2.45) is 0 Å². The van der Waals surface area contributed by atoms with E-state index in [9.17, 15) is 4.79 Å². The normalized spacial score (nSPS) is 11.1. The molecule has 0 aliphatic rings. The van der Waals surface area contributed by atoms with E-state index in [1.807, 2.05) is 59.4 Å². The summed E-state index contributed by atoms with van der Waals surface area (Å²) in [6.07, 6.45) is 7.01. The average molecular weight is 465 g/mol. The highest BCUT2D eigenvalue weighted by molar-refractivity contribution is 7.99. The molecule has 4 aromatic rings. The molecule has 0 aliphatic carbocycles. The van der Waals surface area contributed by atoms with Crippen LogP contribution in [0.5, 0.6) is 11.5 Å². The summed E-state index contributed by atoms with van der Waals surface area (Å²) in [6, 6.07) is 15.2. The highest BCUT2D eigenvalue weighted by Gasteiger charge is 2.13. The van der Waals surface area contributed by atoms with Crippen LogP contribution in [0.25, 0.3) is 10.9 Å². The van der Waals surface area contributed by atoms with Crippen LogP contribution in [-0.2, 0) is 13.1 Å². The Morgan fingerprint density at radius 3 is 2.61 bits per heavy atom. The summed E-state index contributed by atoms with van der Waals surface area (Å²) in [5, 5.41) is 5.60. The zero-order valence-electron chi connectivity index (χ0n) is 18.9. The molecule has 8 heteroatoms. The second kappa shape index (κ2) is 11.0. The molecular weight excluding hydrogens is 436 g/mol. The third-order valence-corrected chi connectivity index (χ3v) is 6.50. The van der Waals surface area contributed by atoms with Crippen LogP contribution in [0.2, 0.25) is 0 Å². The molecule has 0 atom stereocenters. The van der Waals surface area contributed by atoms with E-state index in [4.69, 9.17) is 14.5 Å². The van der Waals surface area contributed by atoms with Crippen molar-refractivity contribution in [3.63, 3.8) is 0 Å². The van der Waals surface area contributed by atoms with Crippen LogP contribution in [0.4, 0.5) is 0 Å². The maximum atomic E-state index is 13.3. The molecule has 4 rings (SSSR count). The van der Waals surface area contributed by atoms with Gasteiger partial charge in [-0.1, -0.05) is 36.4 Å². The quantitative estimate of drug-likeness (QED) is 0.183. The van der Waals surface area contributed by atoms with Crippen molar-refractivity contribution in [3.05, 3.63) is 76.8 Å². The van der Waals surface area contributed by atoms with Gasteiger partial charge in [0.2, 0.25) is 0 Å². The van der Waals surface area contributed by atoms with Crippen LogP contribution in [0.15, 0.2) is 70.9 Å². The van der Waals surface area contributed by atoms with Crippen LogP contribution in [0.1, 0.15) is 24.8 Å². The Morgan fingerprint density at radius 2 is 1.82 bits per heavy atom. The molecule has 0 unspecified atom stereocenters. The van der Waals surface area contributed by atoms with E-state index in [2.05, 4.69) is 5.10 Å². The summed E-state index contributed by atoms with van der Waals surface area (Å²) in [7, 11) is 3.22. The number of aromatic nitrogens is 4. The second-order valence-electron chi connectivity index (χ2n) is 7.67. The molecule has 0 saturated heterocycles. The maximum Gasteiger partial charge on any atom is 0.262 e. The molecule has 2 aromatic carbocycles. The summed E-state index contributed by atoms with van der Waals surface area (Å²) in [5.74, 6) is 2.20. The summed E-state index contributed by atoms with van der Waals surface area (Å²) in [5.41, 5.74) is 1.65. The minimum absolute atomic E-state index is 0.0310. The molecule has 0 saturated carbocycles. The predicted molar refractivity (Wildman–Crippen MR) is 131 cm³/mol. The Hall–Kier alpha value is -3.26. The highest BCUT2D eigenvalue weighted by atomic mass is 32.2. The lowest BCUT2D eigenvalue weighted by atomic mass is 10.2. The molecule has 0 bridgehead atoms. The van der Waals surface area contributed by atoms with E-state index in [-0.39, 0.29) is 5.56 Å². The number of methoxy groups -OCH3 is 2. The number of hydrogen-bond acceptors (Lipinski definition) is 6. The molecule has 0 N–H and O–H groups in total. The Balaban J connectivity index is 1.51. The van der Waals surface area contributed by atoms with Crippen molar-refractivity contribution >= 4 is 22.7 Å². The summed E-state index contributed by atoms with van der Waals surface area (Å²) in [4.78, 5) is 18.2. The number of benzene rings is 2.